The van der Waals surface area contributed by atoms with Crippen molar-refractivity contribution in [2.75, 3.05) is 38.3 Å². The summed E-state index contributed by atoms with van der Waals surface area (Å²) in [5, 5.41) is 8.86. The number of methoxy groups -OCH3 is 1. The van der Waals surface area contributed by atoms with Crippen molar-refractivity contribution >= 4 is 11.8 Å². The van der Waals surface area contributed by atoms with Gasteiger partial charge in [-0.2, -0.15) is 0 Å². The third-order valence-electron chi connectivity index (χ3n) is 2.14. The van der Waals surface area contributed by atoms with Gasteiger partial charge in [-0.05, 0) is 6.92 Å². The van der Waals surface area contributed by atoms with Gasteiger partial charge in [-0.1, -0.05) is 0 Å². The van der Waals surface area contributed by atoms with E-state index in [0.29, 0.717) is 31.5 Å². The van der Waals surface area contributed by atoms with E-state index in [1.165, 1.54) is 6.33 Å². The Bertz CT molecular complexity index is 386. The summed E-state index contributed by atoms with van der Waals surface area (Å²) in [6, 6.07) is 1.61. The first-order valence-corrected chi connectivity index (χ1v) is 5.58. The van der Waals surface area contributed by atoms with Gasteiger partial charge in [0.1, 0.15) is 18.7 Å². The van der Waals surface area contributed by atoms with Crippen LogP contribution >= 0.6 is 0 Å². The number of anilines is 1. The molecule has 7 heteroatoms. The molecule has 0 aliphatic rings. The molecule has 0 bridgehead atoms. The van der Waals surface area contributed by atoms with Crippen LogP contribution in [0.25, 0.3) is 0 Å². The summed E-state index contributed by atoms with van der Waals surface area (Å²) in [6.07, 6.45) is 1.35. The Kier molecular flexibility index (Phi) is 5.86. The molecule has 1 N–H and O–H groups in total. The van der Waals surface area contributed by atoms with Crippen LogP contribution in [-0.2, 0) is 9.53 Å². The molecular formula is C11H17N3O4. The Morgan fingerprint density at radius 1 is 1.50 bits per heavy atom. The van der Waals surface area contributed by atoms with E-state index in [1.807, 2.05) is 6.92 Å². The molecule has 1 aromatic heterocycles. The minimum atomic E-state index is -0.928. The molecule has 1 aromatic rings. The fourth-order valence-electron chi connectivity index (χ4n) is 1.37. The minimum absolute atomic E-state index is 0.147. The topological polar surface area (TPSA) is 84.8 Å². The second kappa shape index (κ2) is 7.44. The number of carbonyl (C=O) groups is 1. The number of hydrogen-bond donors (Lipinski definition) is 1. The zero-order valence-electron chi connectivity index (χ0n) is 10.5. The van der Waals surface area contributed by atoms with Crippen LogP contribution in [0.2, 0.25) is 0 Å². The Balaban J connectivity index is 2.81. The van der Waals surface area contributed by atoms with E-state index in [1.54, 1.807) is 18.1 Å². The lowest BCUT2D eigenvalue weighted by molar-refractivity contribution is -0.135. The fraction of sp³-hybridized carbons (Fsp3) is 0.545. The molecular weight excluding hydrogens is 238 g/mol. The molecule has 18 heavy (non-hydrogen) atoms. The van der Waals surface area contributed by atoms with Gasteiger partial charge in [0.2, 0.25) is 5.88 Å². The third-order valence-corrected chi connectivity index (χ3v) is 2.14. The average molecular weight is 255 g/mol. The zero-order valence-corrected chi connectivity index (χ0v) is 10.5. The number of carboxylic acid groups (broad SMARTS) is 1. The van der Waals surface area contributed by atoms with Crippen LogP contribution in [0.15, 0.2) is 12.4 Å². The molecule has 1 heterocycles. The van der Waals surface area contributed by atoms with Crippen molar-refractivity contribution in [1.82, 2.24) is 9.97 Å². The van der Waals surface area contributed by atoms with Gasteiger partial charge in [0.15, 0.2) is 0 Å². The maximum atomic E-state index is 10.8. The number of rotatable bonds is 8. The second-order valence-electron chi connectivity index (χ2n) is 3.46. The monoisotopic (exact) mass is 255 g/mol. The van der Waals surface area contributed by atoms with Gasteiger partial charge in [0.05, 0.1) is 13.2 Å². The Hall–Kier alpha value is -1.89. The number of ether oxygens (including phenoxy) is 2. The summed E-state index contributed by atoms with van der Waals surface area (Å²) in [4.78, 5) is 20.4. The van der Waals surface area contributed by atoms with Gasteiger partial charge in [0, 0.05) is 19.7 Å². The molecule has 0 saturated carbocycles. The quantitative estimate of drug-likeness (QED) is 0.720. The summed E-state index contributed by atoms with van der Waals surface area (Å²) >= 11 is 0. The lowest BCUT2D eigenvalue weighted by Crippen LogP contribution is -2.33. The predicted molar refractivity (Wildman–Crippen MR) is 64.9 cm³/mol. The number of hydrogen-bond acceptors (Lipinski definition) is 6. The van der Waals surface area contributed by atoms with Crippen molar-refractivity contribution in [1.29, 1.82) is 0 Å². The highest BCUT2D eigenvalue weighted by Crippen LogP contribution is 2.15. The van der Waals surface area contributed by atoms with E-state index in [9.17, 15) is 4.79 Å². The van der Waals surface area contributed by atoms with Crippen molar-refractivity contribution in [3.63, 3.8) is 0 Å². The van der Waals surface area contributed by atoms with Crippen molar-refractivity contribution in [2.24, 2.45) is 0 Å². The molecule has 0 spiro atoms. The number of carboxylic acids is 1. The van der Waals surface area contributed by atoms with E-state index in [4.69, 9.17) is 14.6 Å². The van der Waals surface area contributed by atoms with Crippen molar-refractivity contribution < 1.29 is 19.4 Å². The molecule has 0 unspecified atom stereocenters. The van der Waals surface area contributed by atoms with Crippen LogP contribution in [0, 0.1) is 0 Å². The maximum absolute atomic E-state index is 10.8. The summed E-state index contributed by atoms with van der Waals surface area (Å²) in [5.41, 5.74) is 0. The lowest BCUT2D eigenvalue weighted by atomic mass is 10.4. The van der Waals surface area contributed by atoms with Crippen LogP contribution in [0.1, 0.15) is 6.92 Å². The minimum Gasteiger partial charge on any atom is -0.480 e. The van der Waals surface area contributed by atoms with Crippen molar-refractivity contribution in [3.8, 4) is 5.88 Å². The molecule has 0 atom stereocenters. The van der Waals surface area contributed by atoms with Crippen LogP contribution in [0.4, 0.5) is 5.82 Å². The van der Waals surface area contributed by atoms with Crippen LogP contribution < -0.4 is 9.64 Å². The summed E-state index contributed by atoms with van der Waals surface area (Å²) in [6.45, 7) is 3.05. The first kappa shape index (κ1) is 14.2. The second-order valence-corrected chi connectivity index (χ2v) is 3.46. The third kappa shape index (κ3) is 4.54. The molecule has 0 radical (unpaired) electrons. The normalized spacial score (nSPS) is 10.1. The van der Waals surface area contributed by atoms with Gasteiger partial charge in [0.25, 0.3) is 0 Å². The van der Waals surface area contributed by atoms with E-state index in [0.717, 1.165) is 0 Å². The summed E-state index contributed by atoms with van der Waals surface area (Å²) in [7, 11) is 1.56. The van der Waals surface area contributed by atoms with Gasteiger partial charge >= 0.3 is 5.97 Å². The molecule has 0 fully saturated rings. The number of aromatic nitrogens is 2. The van der Waals surface area contributed by atoms with Crippen molar-refractivity contribution in [2.45, 2.75) is 6.92 Å². The molecule has 7 nitrogen and oxygen atoms in total. The molecule has 100 valence electrons. The van der Waals surface area contributed by atoms with Gasteiger partial charge in [-0.15, -0.1) is 0 Å². The molecule has 0 saturated heterocycles. The first-order valence-electron chi connectivity index (χ1n) is 5.58. The van der Waals surface area contributed by atoms with E-state index in [-0.39, 0.29) is 6.54 Å². The van der Waals surface area contributed by atoms with Gasteiger partial charge in [-0.3, -0.25) is 4.79 Å². The first-order chi connectivity index (χ1) is 8.67. The highest BCUT2D eigenvalue weighted by atomic mass is 16.5. The molecule has 1 rings (SSSR count). The Morgan fingerprint density at radius 3 is 2.89 bits per heavy atom. The Labute approximate surface area is 105 Å². The molecule has 0 aliphatic heterocycles. The SMILES string of the molecule is CCOc1cc(N(CCOC)CC(=O)O)ncn1. The standard InChI is InChI=1S/C11H17N3O4/c1-3-18-10-6-9(12-8-13-10)14(4-5-17-2)7-11(15)16/h6,8H,3-5,7H2,1-2H3,(H,15,16). The summed E-state index contributed by atoms with van der Waals surface area (Å²) < 4.78 is 10.2. The molecule has 0 aliphatic carbocycles. The van der Waals surface area contributed by atoms with Gasteiger partial charge < -0.3 is 19.5 Å². The Morgan fingerprint density at radius 2 is 2.28 bits per heavy atom. The highest BCUT2D eigenvalue weighted by molar-refractivity contribution is 5.73. The number of aliphatic carboxylic acids is 1. The van der Waals surface area contributed by atoms with Crippen LogP contribution in [0.3, 0.4) is 0 Å². The predicted octanol–water partition coefficient (Wildman–Crippen LogP) is 0.413. The van der Waals surface area contributed by atoms with Crippen LogP contribution in [-0.4, -0.2) is 54.5 Å². The molecule has 0 aromatic carbocycles. The average Bonchev–Trinajstić information content (AvgIpc) is 2.35. The van der Waals surface area contributed by atoms with Gasteiger partial charge in [-0.25, -0.2) is 9.97 Å². The van der Waals surface area contributed by atoms with E-state index >= 15 is 0 Å². The van der Waals surface area contributed by atoms with E-state index in [2.05, 4.69) is 9.97 Å². The smallest absolute Gasteiger partial charge is 0.323 e. The molecule has 0 amide bonds. The summed E-state index contributed by atoms with van der Waals surface area (Å²) in [5.74, 6) is 0.00545. The number of nitrogens with zero attached hydrogens (tertiary/aromatic N) is 3. The van der Waals surface area contributed by atoms with Crippen molar-refractivity contribution in [3.05, 3.63) is 12.4 Å². The van der Waals surface area contributed by atoms with E-state index < -0.39 is 5.97 Å². The zero-order chi connectivity index (χ0) is 13.4. The van der Waals surface area contributed by atoms with Crippen LogP contribution in [0.5, 0.6) is 5.88 Å². The highest BCUT2D eigenvalue weighted by Gasteiger charge is 2.12. The fourth-order valence-corrected chi connectivity index (χ4v) is 1.37. The lowest BCUT2D eigenvalue weighted by Gasteiger charge is -2.21. The largest absolute Gasteiger partial charge is 0.480 e. The maximum Gasteiger partial charge on any atom is 0.323 e.